The first-order valence-electron chi connectivity index (χ1n) is 9.29. The summed E-state index contributed by atoms with van der Waals surface area (Å²) < 4.78 is 11.5. The predicted octanol–water partition coefficient (Wildman–Crippen LogP) is 4.19. The molecule has 26 heavy (non-hydrogen) atoms. The Morgan fingerprint density at radius 1 is 1.00 bits per heavy atom. The van der Waals surface area contributed by atoms with Crippen molar-refractivity contribution in [3.05, 3.63) is 54.6 Å². The number of hydrogen-bond acceptors (Lipinski definition) is 3. The van der Waals surface area contributed by atoms with E-state index in [1.165, 1.54) is 0 Å². The molecule has 1 heterocycles. The molecule has 1 saturated heterocycles. The third-order valence-corrected chi connectivity index (χ3v) is 4.69. The van der Waals surface area contributed by atoms with E-state index in [-0.39, 0.29) is 24.2 Å². The maximum atomic E-state index is 12.4. The molecule has 3 rings (SSSR count). The Labute approximate surface area is 155 Å². The topological polar surface area (TPSA) is 47.6 Å². The molecule has 1 fully saturated rings. The van der Waals surface area contributed by atoms with E-state index >= 15 is 0 Å². The predicted molar refractivity (Wildman–Crippen MR) is 103 cm³/mol. The van der Waals surface area contributed by atoms with Gasteiger partial charge in [-0.2, -0.15) is 0 Å². The van der Waals surface area contributed by atoms with E-state index in [4.69, 9.17) is 9.47 Å². The van der Waals surface area contributed by atoms with Crippen LogP contribution in [0.4, 0.5) is 0 Å². The summed E-state index contributed by atoms with van der Waals surface area (Å²) in [6, 6.07) is 18.2. The number of benzene rings is 2. The number of amides is 1. The number of ether oxygens (including phenoxy) is 2. The summed E-state index contributed by atoms with van der Waals surface area (Å²) in [7, 11) is 0. The van der Waals surface area contributed by atoms with Crippen LogP contribution in [-0.2, 0) is 9.53 Å². The lowest BCUT2D eigenvalue weighted by Crippen LogP contribution is -2.47. The summed E-state index contributed by atoms with van der Waals surface area (Å²) in [6.07, 6.45) is 1.49. The van der Waals surface area contributed by atoms with Gasteiger partial charge in [0, 0.05) is 6.04 Å². The molecule has 1 amide bonds. The Morgan fingerprint density at radius 3 is 2.19 bits per heavy atom. The lowest BCUT2D eigenvalue weighted by Gasteiger charge is -2.33. The van der Waals surface area contributed by atoms with Crippen LogP contribution in [-0.4, -0.2) is 30.3 Å². The highest BCUT2D eigenvalue weighted by Crippen LogP contribution is 2.23. The molecule has 4 atom stereocenters. The van der Waals surface area contributed by atoms with Gasteiger partial charge in [0.2, 0.25) is 0 Å². The minimum Gasteiger partial charge on any atom is -0.481 e. The minimum atomic E-state index is -0.536. The summed E-state index contributed by atoms with van der Waals surface area (Å²) >= 11 is 0. The van der Waals surface area contributed by atoms with Gasteiger partial charge in [-0.1, -0.05) is 42.5 Å². The number of carbonyl (C=O) groups is 1. The third kappa shape index (κ3) is 4.85. The number of nitrogens with one attached hydrogen (secondary N) is 1. The van der Waals surface area contributed by atoms with E-state index in [9.17, 15) is 4.79 Å². The van der Waals surface area contributed by atoms with Crippen molar-refractivity contribution >= 4 is 5.91 Å². The third-order valence-electron chi connectivity index (χ3n) is 4.69. The molecule has 4 nitrogen and oxygen atoms in total. The second kappa shape index (κ2) is 8.37. The van der Waals surface area contributed by atoms with Crippen LogP contribution < -0.4 is 10.1 Å². The zero-order valence-electron chi connectivity index (χ0n) is 15.6. The second-order valence-corrected chi connectivity index (χ2v) is 7.08. The Kier molecular flexibility index (Phi) is 5.94. The van der Waals surface area contributed by atoms with Gasteiger partial charge in [0.25, 0.3) is 5.91 Å². The lowest BCUT2D eigenvalue weighted by atomic mass is 9.99. The maximum Gasteiger partial charge on any atom is 0.260 e. The molecule has 0 aliphatic carbocycles. The molecule has 2 aromatic rings. The van der Waals surface area contributed by atoms with Crippen molar-refractivity contribution in [2.75, 3.05) is 0 Å². The highest BCUT2D eigenvalue weighted by Gasteiger charge is 2.27. The lowest BCUT2D eigenvalue weighted by molar-refractivity contribution is -0.129. The van der Waals surface area contributed by atoms with E-state index in [0.29, 0.717) is 5.75 Å². The van der Waals surface area contributed by atoms with E-state index in [0.717, 1.165) is 24.0 Å². The van der Waals surface area contributed by atoms with Gasteiger partial charge in [0.05, 0.1) is 12.2 Å². The molecular formula is C22H27NO3. The van der Waals surface area contributed by atoms with Crippen LogP contribution in [0.15, 0.2) is 54.6 Å². The van der Waals surface area contributed by atoms with Crippen molar-refractivity contribution in [3.63, 3.8) is 0 Å². The van der Waals surface area contributed by atoms with Crippen molar-refractivity contribution in [2.45, 2.75) is 58.0 Å². The monoisotopic (exact) mass is 353 g/mol. The fourth-order valence-corrected chi connectivity index (χ4v) is 3.46. The van der Waals surface area contributed by atoms with Gasteiger partial charge in [-0.05, 0) is 56.9 Å². The summed E-state index contributed by atoms with van der Waals surface area (Å²) in [5.41, 5.74) is 2.29. The van der Waals surface area contributed by atoms with Crippen LogP contribution in [0.25, 0.3) is 11.1 Å². The van der Waals surface area contributed by atoms with Gasteiger partial charge in [-0.15, -0.1) is 0 Å². The van der Waals surface area contributed by atoms with Crippen LogP contribution in [0.5, 0.6) is 5.75 Å². The summed E-state index contributed by atoms with van der Waals surface area (Å²) in [5, 5.41) is 3.09. The van der Waals surface area contributed by atoms with Crippen molar-refractivity contribution in [3.8, 4) is 16.9 Å². The van der Waals surface area contributed by atoms with E-state index < -0.39 is 6.10 Å². The van der Waals surface area contributed by atoms with Gasteiger partial charge in [-0.3, -0.25) is 4.79 Å². The molecule has 1 N–H and O–H groups in total. The molecule has 0 radical (unpaired) electrons. The fourth-order valence-electron chi connectivity index (χ4n) is 3.46. The molecule has 1 unspecified atom stereocenters. The molecule has 138 valence electrons. The van der Waals surface area contributed by atoms with Crippen LogP contribution >= 0.6 is 0 Å². The molecule has 0 aromatic heterocycles. The smallest absolute Gasteiger partial charge is 0.260 e. The molecule has 0 spiro atoms. The van der Waals surface area contributed by atoms with Gasteiger partial charge >= 0.3 is 0 Å². The molecule has 1 aliphatic rings. The normalized spacial score (nSPS) is 23.9. The van der Waals surface area contributed by atoms with Gasteiger partial charge in [-0.25, -0.2) is 0 Å². The Morgan fingerprint density at radius 2 is 1.58 bits per heavy atom. The Hall–Kier alpha value is -2.33. The molecule has 4 heteroatoms. The maximum absolute atomic E-state index is 12.4. The highest BCUT2D eigenvalue weighted by molar-refractivity contribution is 5.81. The van der Waals surface area contributed by atoms with Crippen molar-refractivity contribution < 1.29 is 14.3 Å². The average molecular weight is 353 g/mol. The molecular weight excluding hydrogens is 326 g/mol. The Bertz CT molecular complexity index is 704. The van der Waals surface area contributed by atoms with E-state index in [1.807, 2.05) is 56.3 Å². The van der Waals surface area contributed by atoms with Gasteiger partial charge < -0.3 is 14.8 Å². The van der Waals surface area contributed by atoms with Gasteiger partial charge in [0.1, 0.15) is 5.75 Å². The van der Waals surface area contributed by atoms with E-state index in [1.54, 1.807) is 6.92 Å². The molecule has 2 aromatic carbocycles. The quantitative estimate of drug-likeness (QED) is 0.877. The largest absolute Gasteiger partial charge is 0.481 e. The molecule has 1 aliphatic heterocycles. The summed E-state index contributed by atoms with van der Waals surface area (Å²) in [4.78, 5) is 12.4. The molecule has 0 bridgehead atoms. The highest BCUT2D eigenvalue weighted by atomic mass is 16.5. The second-order valence-electron chi connectivity index (χ2n) is 7.08. The summed E-state index contributed by atoms with van der Waals surface area (Å²) in [5.74, 6) is 0.615. The Balaban J connectivity index is 1.55. The van der Waals surface area contributed by atoms with Crippen LogP contribution in [0.1, 0.15) is 33.6 Å². The number of carbonyl (C=O) groups excluding carboxylic acids is 1. The van der Waals surface area contributed by atoms with Crippen LogP contribution in [0.3, 0.4) is 0 Å². The van der Waals surface area contributed by atoms with Gasteiger partial charge in [0.15, 0.2) is 6.10 Å². The first-order valence-corrected chi connectivity index (χ1v) is 9.29. The summed E-state index contributed by atoms with van der Waals surface area (Å²) in [6.45, 7) is 5.87. The van der Waals surface area contributed by atoms with Crippen molar-refractivity contribution in [1.29, 1.82) is 0 Å². The van der Waals surface area contributed by atoms with Crippen molar-refractivity contribution in [2.24, 2.45) is 0 Å². The first-order chi connectivity index (χ1) is 12.5. The van der Waals surface area contributed by atoms with Crippen molar-refractivity contribution in [1.82, 2.24) is 5.32 Å². The number of rotatable bonds is 5. The zero-order chi connectivity index (χ0) is 18.5. The minimum absolute atomic E-state index is 0.0802. The molecule has 0 saturated carbocycles. The van der Waals surface area contributed by atoms with Crippen LogP contribution in [0.2, 0.25) is 0 Å². The average Bonchev–Trinajstić information content (AvgIpc) is 2.62. The standard InChI is InChI=1S/C22H27NO3/c1-15-13-20(14-16(2)25-15)23-22(24)17(3)26-21-11-9-19(10-12-21)18-7-5-4-6-8-18/h4-12,15-17,20H,13-14H2,1-3H3,(H,23,24)/t15-,16+,17-,20?/m0/s1. The number of hydrogen-bond donors (Lipinski definition) is 1. The zero-order valence-corrected chi connectivity index (χ0v) is 15.6. The SMILES string of the molecule is C[C@@H]1CC(NC(=O)[C@H](C)Oc2ccc(-c3ccccc3)cc2)C[C@H](C)O1. The van der Waals surface area contributed by atoms with E-state index in [2.05, 4.69) is 17.4 Å². The van der Waals surface area contributed by atoms with Crippen LogP contribution in [0, 0.1) is 0 Å². The fraction of sp³-hybridized carbons (Fsp3) is 0.409. The first kappa shape index (κ1) is 18.5.